The Hall–Kier alpha value is -7.44. The van der Waals surface area contributed by atoms with Gasteiger partial charge in [-0.3, -0.25) is 10.1 Å². The number of aromatic hydroxyl groups is 2. The summed E-state index contributed by atoms with van der Waals surface area (Å²) in [7, 11) is 0. The number of azo groups is 1. The zero-order chi connectivity index (χ0) is 45.5. The third-order valence-corrected chi connectivity index (χ3v) is 11.2. The van der Waals surface area contributed by atoms with Crippen molar-refractivity contribution in [1.82, 2.24) is 4.58 Å². The van der Waals surface area contributed by atoms with E-state index in [2.05, 4.69) is 27.0 Å². The van der Waals surface area contributed by atoms with E-state index in [9.17, 15) is 29.1 Å². The van der Waals surface area contributed by atoms with Gasteiger partial charge in [0.05, 0.1) is 53.4 Å². The van der Waals surface area contributed by atoms with Gasteiger partial charge in [0.1, 0.15) is 85.3 Å². The first-order valence-electron chi connectivity index (χ1n) is 21.4. The lowest BCUT2D eigenvalue weighted by Gasteiger charge is -2.31. The first-order chi connectivity index (χ1) is 31.7. The van der Waals surface area contributed by atoms with Crippen LogP contribution in [0.25, 0.3) is 0 Å². The molecule has 0 spiro atoms. The summed E-state index contributed by atoms with van der Waals surface area (Å²) in [5.41, 5.74) is 4.10. The van der Waals surface area contributed by atoms with Crippen LogP contribution in [-0.4, -0.2) is 107 Å². The number of nitro benzene ring substituents is 1. The van der Waals surface area contributed by atoms with Crippen LogP contribution >= 0.6 is 0 Å². The van der Waals surface area contributed by atoms with Crippen molar-refractivity contribution in [2.45, 2.75) is 13.8 Å². The van der Waals surface area contributed by atoms with Crippen LogP contribution in [0.3, 0.4) is 0 Å². The van der Waals surface area contributed by atoms with E-state index in [4.69, 9.17) is 28.7 Å². The molecule has 0 radical (unpaired) electrons. The van der Waals surface area contributed by atoms with Gasteiger partial charge >= 0.3 is 0 Å². The molecule has 0 saturated carbocycles. The Morgan fingerprint density at radius 2 is 1.37 bits per heavy atom. The molecule has 5 aliphatic heterocycles. The second-order valence-corrected chi connectivity index (χ2v) is 15.1. The molecule has 0 bridgehead atoms. The van der Waals surface area contributed by atoms with Crippen molar-refractivity contribution in [2.24, 2.45) is 15.2 Å². The van der Waals surface area contributed by atoms with E-state index in [0.29, 0.717) is 86.6 Å². The highest BCUT2D eigenvalue weighted by Crippen LogP contribution is 2.45. The molecular weight excluding hydrogens is 845 g/mol. The summed E-state index contributed by atoms with van der Waals surface area (Å²) in [5.74, 6) is 4.47. The van der Waals surface area contributed by atoms with Crippen LogP contribution in [0, 0.1) is 10.1 Å². The van der Waals surface area contributed by atoms with Gasteiger partial charge in [0, 0.05) is 68.2 Å². The molecule has 0 saturated heterocycles. The van der Waals surface area contributed by atoms with Crippen LogP contribution in [0.2, 0.25) is 0 Å². The summed E-state index contributed by atoms with van der Waals surface area (Å²) in [6.45, 7) is 11.1. The topological polar surface area (TPSA) is 180 Å². The van der Waals surface area contributed by atoms with E-state index in [1.165, 1.54) is 24.3 Å². The van der Waals surface area contributed by atoms with Crippen LogP contribution in [0.4, 0.5) is 48.6 Å². The maximum atomic E-state index is 12.9. The van der Waals surface area contributed by atoms with Gasteiger partial charge < -0.3 is 48.6 Å². The molecule has 0 aliphatic carbocycles. The second-order valence-electron chi connectivity index (χ2n) is 15.1. The Morgan fingerprint density at radius 3 is 2.06 bits per heavy atom. The molecule has 340 valence electrons. The highest BCUT2D eigenvalue weighted by atomic mass is 18.2. The zero-order valence-electron chi connectivity index (χ0n) is 36.0. The highest BCUT2D eigenvalue weighted by Gasteiger charge is 2.26. The summed E-state index contributed by atoms with van der Waals surface area (Å²) < 4.78 is 55.9. The lowest BCUT2D eigenvalue weighted by atomic mass is 10.1. The van der Waals surface area contributed by atoms with E-state index < -0.39 is 18.3 Å². The third kappa shape index (κ3) is 9.88. The normalized spacial score (nSPS) is 15.1. The molecule has 2 N–H and O–H groups in total. The molecule has 0 aromatic heterocycles. The minimum absolute atomic E-state index is 0.00311. The molecule has 0 fully saturated rings. The van der Waals surface area contributed by atoms with Gasteiger partial charge in [-0.1, -0.05) is 0 Å². The van der Waals surface area contributed by atoms with Gasteiger partial charge in [-0.05, 0) is 38.1 Å². The van der Waals surface area contributed by atoms with E-state index in [1.807, 2.05) is 40.7 Å². The minimum atomic E-state index is -0.479. The molecule has 19 heteroatoms. The molecular formula is C46H49F2N8O9+. The van der Waals surface area contributed by atoms with Crippen molar-refractivity contribution < 1.29 is 47.6 Å². The van der Waals surface area contributed by atoms with Gasteiger partial charge in [-0.25, -0.2) is 18.3 Å². The van der Waals surface area contributed by atoms with Crippen LogP contribution in [0.5, 0.6) is 46.0 Å². The number of nitro groups is 1. The average Bonchev–Trinajstić information content (AvgIpc) is 3.32. The molecule has 0 atom stereocenters. The Morgan fingerprint density at radius 1 is 0.708 bits per heavy atom. The van der Waals surface area contributed by atoms with E-state index in [-0.39, 0.29) is 22.9 Å². The number of ether oxygens (including phenoxy) is 5. The molecule has 65 heavy (non-hydrogen) atoms. The quantitative estimate of drug-likeness (QED) is 0.0641. The van der Waals surface area contributed by atoms with Crippen molar-refractivity contribution in [1.29, 1.82) is 0 Å². The molecule has 5 aromatic rings. The number of phenolic OH excluding ortho intramolecular Hbond substituents is 2. The fourth-order valence-corrected chi connectivity index (χ4v) is 7.88. The van der Waals surface area contributed by atoms with Gasteiger partial charge in [0.15, 0.2) is 30.3 Å². The Balaban J connectivity index is 0.000000140. The third-order valence-electron chi connectivity index (χ3n) is 11.2. The summed E-state index contributed by atoms with van der Waals surface area (Å²) in [4.78, 5) is 21.1. The van der Waals surface area contributed by atoms with E-state index >= 15 is 0 Å². The molecule has 17 nitrogen and oxygen atoms in total. The fraction of sp³-hybridized carbons (Fsp3) is 0.348. The smallest absolute Gasteiger partial charge is 0.269 e. The lowest BCUT2D eigenvalue weighted by Crippen LogP contribution is -2.41. The maximum absolute atomic E-state index is 12.9. The summed E-state index contributed by atoms with van der Waals surface area (Å²) in [6, 6.07) is 21.5. The van der Waals surface area contributed by atoms with Crippen LogP contribution in [-0.2, 0) is 0 Å². The van der Waals surface area contributed by atoms with Crippen molar-refractivity contribution in [2.75, 3.05) is 107 Å². The summed E-state index contributed by atoms with van der Waals surface area (Å²) >= 11 is 0. The van der Waals surface area contributed by atoms with Gasteiger partial charge in [-0.2, -0.15) is 5.11 Å². The van der Waals surface area contributed by atoms with Crippen LogP contribution in [0.15, 0.2) is 94.1 Å². The number of nitrogens with zero attached hydrogens (tertiary/aromatic N) is 8. The number of fused-ring (bicyclic) bond motifs is 6. The Kier molecular flexibility index (Phi) is 13.6. The number of hydrogen-bond acceptors (Lipinski definition) is 15. The number of rotatable bonds is 9. The monoisotopic (exact) mass is 893 g/mol. The van der Waals surface area contributed by atoms with Gasteiger partial charge in [0.25, 0.3) is 5.69 Å². The summed E-state index contributed by atoms with van der Waals surface area (Å²) in [6.07, 6.45) is 0. The highest BCUT2D eigenvalue weighted by molar-refractivity contribution is 5.72. The van der Waals surface area contributed by atoms with E-state index in [1.54, 1.807) is 30.3 Å². The largest absolute Gasteiger partial charge is 0.508 e. The predicted molar refractivity (Wildman–Crippen MR) is 240 cm³/mol. The first-order valence-corrected chi connectivity index (χ1v) is 21.4. The molecule has 5 aromatic carbocycles. The zero-order valence-corrected chi connectivity index (χ0v) is 36.0. The predicted octanol–water partition coefficient (Wildman–Crippen LogP) is 7.31. The SMILES string of the molecule is CCN1CCOc2cc(N=Nc3ccc([N+](=O)[O-])cc3)c(O)cc21.CCN1CCOc2cc3c(cc21)Oc1cc2c(cc1=N3)OCC[N+]=2CC[18F].Oc1ccc2c(c1)N(CC[18F])CCO2. The number of hydrogen-bond donors (Lipinski definition) is 2. The maximum Gasteiger partial charge on any atom is 0.269 e. The van der Waals surface area contributed by atoms with Crippen LogP contribution < -0.4 is 53.7 Å². The molecule has 5 heterocycles. The first kappa shape index (κ1) is 44.2. The van der Waals surface area contributed by atoms with Crippen molar-refractivity contribution in [3.8, 4) is 46.0 Å². The van der Waals surface area contributed by atoms with Crippen molar-refractivity contribution >= 4 is 39.8 Å². The van der Waals surface area contributed by atoms with Gasteiger partial charge in [0.2, 0.25) is 5.36 Å². The molecule has 0 unspecified atom stereocenters. The number of likely N-dealkylation sites (N-methyl/N-ethyl adjacent to an activating group) is 2. The second kappa shape index (κ2) is 19.9. The van der Waals surface area contributed by atoms with Crippen molar-refractivity contribution in [3.63, 3.8) is 0 Å². The van der Waals surface area contributed by atoms with E-state index in [0.717, 1.165) is 65.8 Å². The molecule has 0 amide bonds. The number of anilines is 3. The number of phenols is 2. The molecule has 5 aliphatic rings. The average molecular weight is 894 g/mol. The fourth-order valence-electron chi connectivity index (χ4n) is 7.88. The number of alkyl halides is 2. The summed E-state index contributed by atoms with van der Waals surface area (Å²) in [5, 5.41) is 39.7. The molecule has 10 rings (SSSR count). The standard InChI is InChI=1S/C20H21FN3O3.C16H16N4O4.C10H12FNO2/c1-2-23-5-7-25-19-9-13-17(11-15(19)23)27-18-12-16-20(10-14(18)22-13)26-8-6-24(16)4-3-21;1-2-19-7-8-24-16-9-13(15(21)10-14(16)19)18-17-11-3-5-12(6-4-11)20(22)23;11-3-4-12-5-6-14-10-2-1-8(13)7-9(10)12/h9-12H,2-8H2,1H3;3-6,9-10,21H,2,7-8H2,1H3;1-2,7,13H,3-6H2/q+1;;/i21-1;;11-1. The lowest BCUT2D eigenvalue weighted by molar-refractivity contribution is -0.384. The minimum Gasteiger partial charge on any atom is -0.508 e. The number of non-ortho nitro benzene ring substituents is 1. The van der Waals surface area contributed by atoms with Crippen LogP contribution in [0.1, 0.15) is 13.8 Å². The van der Waals surface area contributed by atoms with Crippen molar-refractivity contribution in [3.05, 3.63) is 99.7 Å². The Bertz CT molecular complexity index is 2710. The van der Waals surface area contributed by atoms with Gasteiger partial charge in [-0.15, -0.1) is 5.11 Å². The number of halogens is 2. The Labute approximate surface area is 372 Å². The number of benzene rings is 5.